The van der Waals surface area contributed by atoms with Gasteiger partial charge in [0.15, 0.2) is 0 Å². The topological polar surface area (TPSA) is 173 Å². The molecule has 296 valence electrons. The summed E-state index contributed by atoms with van der Waals surface area (Å²) in [4.78, 5) is 42.2. The zero-order chi connectivity index (χ0) is 40.8. The first kappa shape index (κ1) is 36.0. The summed E-state index contributed by atoms with van der Waals surface area (Å²) in [5.41, 5.74) is 26.2. The Kier molecular flexibility index (Phi) is 8.26. The molecule has 2 aliphatic heterocycles. The molecule has 2 saturated carbocycles. The van der Waals surface area contributed by atoms with E-state index in [1.165, 1.54) is 37.1 Å². The summed E-state index contributed by atoms with van der Waals surface area (Å²) in [6.07, 6.45) is 10.7. The lowest BCUT2D eigenvalue weighted by molar-refractivity contribution is 0.0992. The van der Waals surface area contributed by atoms with Gasteiger partial charge in [0.05, 0.1) is 45.9 Å². The number of primary amides is 2. The third kappa shape index (κ3) is 5.72. The van der Waals surface area contributed by atoms with Gasteiger partial charge in [-0.25, -0.2) is 0 Å². The van der Waals surface area contributed by atoms with E-state index in [0.717, 1.165) is 91.1 Å². The van der Waals surface area contributed by atoms with Crippen LogP contribution in [0.25, 0.3) is 66.8 Å². The zero-order valence-electron chi connectivity index (χ0n) is 33.3. The van der Waals surface area contributed by atoms with Crippen LogP contribution in [0.3, 0.4) is 0 Å². The third-order valence-corrected chi connectivity index (χ3v) is 13.0. The van der Waals surface area contributed by atoms with E-state index in [2.05, 4.69) is 19.3 Å². The summed E-state index contributed by atoms with van der Waals surface area (Å²) in [5.74, 6) is 0.148. The Balaban J connectivity index is 0.000000136. The minimum atomic E-state index is -0.438. The number of fused-ring (bicyclic) bond motifs is 12. The van der Waals surface area contributed by atoms with E-state index in [1.807, 2.05) is 99.0 Å². The molecule has 0 saturated heterocycles. The molecule has 8 heterocycles. The fourth-order valence-corrected chi connectivity index (χ4v) is 10.4. The van der Waals surface area contributed by atoms with Crippen molar-refractivity contribution in [2.75, 3.05) is 0 Å². The number of aryl methyl sites for hydroxylation is 2. The SMILES string of the molecule is Cc1cccc(-c2nn3c(c2-c2ccnc4ccc(C(N)=O)cc24)[C@@H]2CC[C@H]3C2)n1.Cc1cccc(-c2nn3c(c2-c2ccnc4ccc(C(N)=O)cc24)[C@H]2CC[C@@H]3C2)n1. The van der Waals surface area contributed by atoms with Crippen LogP contribution in [0, 0.1) is 13.8 Å². The Morgan fingerprint density at radius 1 is 0.583 bits per heavy atom. The van der Waals surface area contributed by atoms with Crippen LogP contribution < -0.4 is 11.5 Å². The van der Waals surface area contributed by atoms with Gasteiger partial charge in [-0.1, -0.05) is 12.1 Å². The van der Waals surface area contributed by atoms with Crippen molar-refractivity contribution in [3.63, 3.8) is 0 Å². The van der Waals surface area contributed by atoms with Crippen molar-refractivity contribution >= 4 is 33.6 Å². The molecule has 2 aromatic carbocycles. The van der Waals surface area contributed by atoms with Crippen LogP contribution in [0.2, 0.25) is 0 Å². The highest BCUT2D eigenvalue weighted by molar-refractivity contribution is 6.05. The first-order valence-corrected chi connectivity index (χ1v) is 20.7. The molecular weight excluding hydrogens is 749 g/mol. The van der Waals surface area contributed by atoms with Crippen LogP contribution in [-0.2, 0) is 0 Å². The Bertz CT molecular complexity index is 2880. The van der Waals surface area contributed by atoms with Crippen molar-refractivity contribution in [2.45, 2.75) is 76.3 Å². The smallest absolute Gasteiger partial charge is 0.248 e. The molecule has 4 atom stereocenters. The quantitative estimate of drug-likeness (QED) is 0.168. The highest BCUT2D eigenvalue weighted by Crippen LogP contribution is 2.55. The Hall–Kier alpha value is -7.08. The predicted molar refractivity (Wildman–Crippen MR) is 230 cm³/mol. The van der Waals surface area contributed by atoms with Gasteiger partial charge >= 0.3 is 0 Å². The molecule has 12 nitrogen and oxygen atoms in total. The van der Waals surface area contributed by atoms with Gasteiger partial charge in [0.2, 0.25) is 11.8 Å². The van der Waals surface area contributed by atoms with Crippen molar-refractivity contribution in [2.24, 2.45) is 11.5 Å². The first-order valence-electron chi connectivity index (χ1n) is 20.7. The fourth-order valence-electron chi connectivity index (χ4n) is 10.4. The standard InChI is InChI=1S/2C24H21N5O/c2*1-13-3-2-4-20(27-13)22-21(23-14-5-7-16(11-14)29(23)28-22)17-9-10-26-19-8-6-15(24(25)30)12-18(17)19/h2*2-4,6,8-10,12,14,16H,5,7,11H2,1H3,(H2,25,30)/t2*14-,16+/m10/s1. The molecule has 2 aliphatic carbocycles. The van der Waals surface area contributed by atoms with Crippen LogP contribution in [0.5, 0.6) is 0 Å². The van der Waals surface area contributed by atoms with E-state index < -0.39 is 11.8 Å². The molecule has 0 spiro atoms. The third-order valence-electron chi connectivity index (χ3n) is 13.0. The second-order valence-corrected chi connectivity index (χ2v) is 16.7. The summed E-state index contributed by atoms with van der Waals surface area (Å²) in [6.45, 7) is 4.00. The van der Waals surface area contributed by atoms with Gasteiger partial charge in [-0.15, -0.1) is 0 Å². The van der Waals surface area contributed by atoms with Gasteiger partial charge in [0, 0.05) is 68.6 Å². The number of rotatable bonds is 6. The van der Waals surface area contributed by atoms with Crippen molar-refractivity contribution in [3.05, 3.63) is 131 Å². The molecule has 4 bridgehead atoms. The second kappa shape index (κ2) is 13.8. The number of benzene rings is 2. The van der Waals surface area contributed by atoms with Crippen LogP contribution in [0.4, 0.5) is 0 Å². The fraction of sp³-hybridized carbons (Fsp3) is 0.250. The lowest BCUT2D eigenvalue weighted by atomic mass is 9.91. The van der Waals surface area contributed by atoms with Crippen LogP contribution in [0.1, 0.15) is 106 Å². The van der Waals surface area contributed by atoms with Gasteiger partial charge in [-0.2, -0.15) is 10.2 Å². The van der Waals surface area contributed by atoms with Crippen LogP contribution in [-0.4, -0.2) is 51.3 Å². The maximum atomic E-state index is 11.8. The summed E-state index contributed by atoms with van der Waals surface area (Å²) in [5, 5.41) is 12.0. The number of nitrogens with two attached hydrogens (primary N) is 2. The number of aromatic nitrogens is 8. The Labute approximate surface area is 345 Å². The van der Waals surface area contributed by atoms with Gasteiger partial charge in [-0.3, -0.25) is 38.9 Å². The number of nitrogens with zero attached hydrogens (tertiary/aromatic N) is 8. The summed E-state index contributed by atoms with van der Waals surface area (Å²) in [6, 6.07) is 28.0. The molecule has 60 heavy (non-hydrogen) atoms. The summed E-state index contributed by atoms with van der Waals surface area (Å²) < 4.78 is 4.46. The highest BCUT2D eigenvalue weighted by atomic mass is 16.1. The molecule has 12 heteroatoms. The summed E-state index contributed by atoms with van der Waals surface area (Å²) in [7, 11) is 0. The number of hydrogen-bond donors (Lipinski definition) is 2. The maximum absolute atomic E-state index is 11.8. The average Bonchev–Trinajstić information content (AvgIpc) is 4.12. The Morgan fingerprint density at radius 3 is 1.45 bits per heavy atom. The van der Waals surface area contributed by atoms with Crippen molar-refractivity contribution in [1.82, 2.24) is 39.5 Å². The van der Waals surface area contributed by atoms with E-state index in [0.29, 0.717) is 35.0 Å². The van der Waals surface area contributed by atoms with Crippen molar-refractivity contribution in [1.29, 1.82) is 0 Å². The monoisotopic (exact) mass is 790 g/mol. The normalized spacial score (nSPS) is 19.4. The largest absolute Gasteiger partial charge is 0.366 e. The minimum Gasteiger partial charge on any atom is -0.366 e. The molecule has 12 rings (SSSR count). The minimum absolute atomic E-state index is 0.438. The van der Waals surface area contributed by atoms with Gasteiger partial charge < -0.3 is 11.5 Å². The maximum Gasteiger partial charge on any atom is 0.248 e. The highest BCUT2D eigenvalue weighted by Gasteiger charge is 2.43. The van der Waals surface area contributed by atoms with Gasteiger partial charge in [0.25, 0.3) is 0 Å². The van der Waals surface area contributed by atoms with E-state index >= 15 is 0 Å². The van der Waals surface area contributed by atoms with E-state index in [1.54, 1.807) is 12.1 Å². The first-order chi connectivity index (χ1) is 29.2. The van der Waals surface area contributed by atoms with E-state index in [4.69, 9.17) is 31.6 Å². The van der Waals surface area contributed by atoms with E-state index in [9.17, 15) is 9.59 Å². The number of carbonyl (C=O) groups is 2. The second-order valence-electron chi connectivity index (χ2n) is 16.7. The molecule has 4 aliphatic rings. The summed E-state index contributed by atoms with van der Waals surface area (Å²) >= 11 is 0. The number of pyridine rings is 4. The zero-order valence-corrected chi connectivity index (χ0v) is 33.3. The molecule has 4 N–H and O–H groups in total. The van der Waals surface area contributed by atoms with Gasteiger partial charge in [0.1, 0.15) is 11.4 Å². The number of amides is 2. The van der Waals surface area contributed by atoms with E-state index in [-0.39, 0.29) is 0 Å². The lowest BCUT2D eigenvalue weighted by Crippen LogP contribution is -2.10. The van der Waals surface area contributed by atoms with Crippen molar-refractivity contribution in [3.8, 4) is 45.0 Å². The molecular formula is C48H42N10O2. The molecule has 0 unspecified atom stereocenters. The number of carbonyl (C=O) groups excluding carboxylic acids is 2. The van der Waals surface area contributed by atoms with Crippen LogP contribution in [0.15, 0.2) is 97.3 Å². The molecule has 0 radical (unpaired) electrons. The van der Waals surface area contributed by atoms with Crippen molar-refractivity contribution < 1.29 is 9.59 Å². The Morgan fingerprint density at radius 2 is 1.03 bits per heavy atom. The lowest BCUT2D eigenvalue weighted by Gasteiger charge is -2.15. The predicted octanol–water partition coefficient (Wildman–Crippen LogP) is 8.78. The van der Waals surface area contributed by atoms with Crippen LogP contribution >= 0.6 is 0 Å². The molecule has 2 fully saturated rings. The average molecular weight is 791 g/mol. The molecule has 8 aromatic rings. The molecule has 2 amide bonds. The van der Waals surface area contributed by atoms with Gasteiger partial charge in [-0.05, 0) is 136 Å². The molecule has 6 aromatic heterocycles. The number of hydrogen-bond acceptors (Lipinski definition) is 8.